The average Bonchev–Trinajstić information content (AvgIpc) is 2.79. The van der Waals surface area contributed by atoms with Crippen molar-refractivity contribution in [3.05, 3.63) is 50.7 Å². The zero-order chi connectivity index (χ0) is 14.7. The SMILES string of the molecule is CCn1nc(C)cc1CC(NN)c1cc(Br)ccc1Cl. The highest BCUT2D eigenvalue weighted by atomic mass is 79.9. The van der Waals surface area contributed by atoms with Gasteiger partial charge in [-0.3, -0.25) is 16.0 Å². The summed E-state index contributed by atoms with van der Waals surface area (Å²) in [7, 11) is 0. The molecule has 20 heavy (non-hydrogen) atoms. The standard InChI is InChI=1S/C14H18BrClN4/c1-3-20-11(6-9(2)19-20)8-14(18-17)12-7-10(15)4-5-13(12)16/h4-7,14,18H,3,8,17H2,1-2H3. The number of hydrogen-bond acceptors (Lipinski definition) is 3. The van der Waals surface area contributed by atoms with Crippen LogP contribution in [0.1, 0.15) is 29.9 Å². The van der Waals surface area contributed by atoms with Crippen molar-refractivity contribution in [1.29, 1.82) is 0 Å². The zero-order valence-electron chi connectivity index (χ0n) is 11.5. The quantitative estimate of drug-likeness (QED) is 0.637. The van der Waals surface area contributed by atoms with Gasteiger partial charge in [0.05, 0.1) is 11.7 Å². The van der Waals surface area contributed by atoms with E-state index in [4.69, 9.17) is 17.4 Å². The van der Waals surface area contributed by atoms with E-state index in [0.29, 0.717) is 5.02 Å². The van der Waals surface area contributed by atoms with Gasteiger partial charge in [0, 0.05) is 28.2 Å². The van der Waals surface area contributed by atoms with Gasteiger partial charge in [0.25, 0.3) is 0 Å². The van der Waals surface area contributed by atoms with Gasteiger partial charge in [-0.05, 0) is 43.7 Å². The molecule has 2 aromatic rings. The molecule has 0 radical (unpaired) electrons. The summed E-state index contributed by atoms with van der Waals surface area (Å²) in [5, 5.41) is 5.16. The first-order valence-electron chi connectivity index (χ1n) is 6.49. The molecule has 1 aromatic heterocycles. The molecule has 0 saturated heterocycles. The first kappa shape index (κ1) is 15.5. The van der Waals surface area contributed by atoms with E-state index >= 15 is 0 Å². The average molecular weight is 358 g/mol. The number of aromatic nitrogens is 2. The van der Waals surface area contributed by atoms with Crippen LogP contribution in [-0.4, -0.2) is 9.78 Å². The lowest BCUT2D eigenvalue weighted by atomic mass is 10.0. The Morgan fingerprint density at radius 1 is 1.45 bits per heavy atom. The summed E-state index contributed by atoms with van der Waals surface area (Å²) in [6.07, 6.45) is 0.737. The Labute approximate surface area is 132 Å². The van der Waals surface area contributed by atoms with Crippen LogP contribution in [0.5, 0.6) is 0 Å². The maximum Gasteiger partial charge on any atom is 0.0596 e. The van der Waals surface area contributed by atoms with Crippen LogP contribution in [0, 0.1) is 6.92 Å². The number of rotatable bonds is 5. The minimum Gasteiger partial charge on any atom is -0.271 e. The zero-order valence-corrected chi connectivity index (χ0v) is 13.9. The molecule has 1 aromatic carbocycles. The van der Waals surface area contributed by atoms with Gasteiger partial charge in [-0.2, -0.15) is 5.10 Å². The number of nitrogens with two attached hydrogens (primary N) is 1. The molecule has 0 amide bonds. The van der Waals surface area contributed by atoms with E-state index in [9.17, 15) is 0 Å². The Hall–Kier alpha value is -0.880. The molecule has 108 valence electrons. The Morgan fingerprint density at radius 2 is 2.20 bits per heavy atom. The highest BCUT2D eigenvalue weighted by Crippen LogP contribution is 2.28. The Kier molecular flexibility index (Phi) is 5.21. The van der Waals surface area contributed by atoms with E-state index in [0.717, 1.165) is 34.4 Å². The summed E-state index contributed by atoms with van der Waals surface area (Å²) >= 11 is 9.74. The highest BCUT2D eigenvalue weighted by Gasteiger charge is 2.17. The molecule has 4 nitrogen and oxygen atoms in total. The number of nitrogens with zero attached hydrogens (tertiary/aromatic N) is 2. The van der Waals surface area contributed by atoms with E-state index < -0.39 is 0 Å². The first-order valence-corrected chi connectivity index (χ1v) is 7.66. The van der Waals surface area contributed by atoms with Gasteiger partial charge in [0.2, 0.25) is 0 Å². The summed E-state index contributed by atoms with van der Waals surface area (Å²) in [5.74, 6) is 5.72. The van der Waals surface area contributed by atoms with Crippen molar-refractivity contribution in [3.8, 4) is 0 Å². The van der Waals surface area contributed by atoms with Crippen molar-refractivity contribution in [2.45, 2.75) is 32.9 Å². The van der Waals surface area contributed by atoms with Gasteiger partial charge in [0.1, 0.15) is 0 Å². The van der Waals surface area contributed by atoms with Crippen molar-refractivity contribution >= 4 is 27.5 Å². The molecule has 0 saturated carbocycles. The molecule has 0 aliphatic carbocycles. The molecule has 0 aliphatic heterocycles. The van der Waals surface area contributed by atoms with Gasteiger partial charge < -0.3 is 0 Å². The van der Waals surface area contributed by atoms with Crippen LogP contribution >= 0.6 is 27.5 Å². The van der Waals surface area contributed by atoms with E-state index in [1.54, 1.807) is 0 Å². The molecule has 1 heterocycles. The van der Waals surface area contributed by atoms with Crippen LogP contribution in [0.15, 0.2) is 28.7 Å². The smallest absolute Gasteiger partial charge is 0.0596 e. The second kappa shape index (κ2) is 6.72. The first-order chi connectivity index (χ1) is 9.55. The Morgan fingerprint density at radius 3 is 2.85 bits per heavy atom. The molecule has 2 rings (SSSR count). The van der Waals surface area contributed by atoms with Crippen molar-refractivity contribution in [2.75, 3.05) is 0 Å². The monoisotopic (exact) mass is 356 g/mol. The second-order valence-electron chi connectivity index (χ2n) is 4.68. The second-order valence-corrected chi connectivity index (χ2v) is 6.00. The highest BCUT2D eigenvalue weighted by molar-refractivity contribution is 9.10. The van der Waals surface area contributed by atoms with E-state index in [-0.39, 0.29) is 6.04 Å². The molecule has 0 spiro atoms. The maximum atomic E-state index is 6.28. The number of halogens is 2. The predicted molar refractivity (Wildman–Crippen MR) is 85.6 cm³/mol. The van der Waals surface area contributed by atoms with Crippen LogP contribution < -0.4 is 11.3 Å². The summed E-state index contributed by atoms with van der Waals surface area (Å²) in [5.41, 5.74) is 5.98. The van der Waals surface area contributed by atoms with Crippen LogP contribution in [0.3, 0.4) is 0 Å². The van der Waals surface area contributed by atoms with Gasteiger partial charge >= 0.3 is 0 Å². The normalized spacial score (nSPS) is 12.7. The summed E-state index contributed by atoms with van der Waals surface area (Å²) in [4.78, 5) is 0. The molecule has 1 unspecified atom stereocenters. The van der Waals surface area contributed by atoms with Crippen LogP contribution in [0.4, 0.5) is 0 Å². The van der Waals surface area contributed by atoms with Crippen LogP contribution in [0.25, 0.3) is 0 Å². The minimum atomic E-state index is -0.0543. The summed E-state index contributed by atoms with van der Waals surface area (Å²) in [6.45, 7) is 4.91. The predicted octanol–water partition coefficient (Wildman–Crippen LogP) is 3.37. The Bertz CT molecular complexity index is 597. The lowest BCUT2D eigenvalue weighted by molar-refractivity contribution is 0.517. The fraction of sp³-hybridized carbons (Fsp3) is 0.357. The lowest BCUT2D eigenvalue weighted by Gasteiger charge is -2.18. The third kappa shape index (κ3) is 3.41. The fourth-order valence-corrected chi connectivity index (χ4v) is 2.91. The van der Waals surface area contributed by atoms with Crippen molar-refractivity contribution in [2.24, 2.45) is 5.84 Å². The maximum absolute atomic E-state index is 6.28. The largest absolute Gasteiger partial charge is 0.271 e. The Balaban J connectivity index is 2.30. The number of benzene rings is 1. The number of hydrazine groups is 1. The van der Waals surface area contributed by atoms with Crippen molar-refractivity contribution in [3.63, 3.8) is 0 Å². The summed E-state index contributed by atoms with van der Waals surface area (Å²) in [6, 6.07) is 7.81. The topological polar surface area (TPSA) is 55.9 Å². The van der Waals surface area contributed by atoms with E-state index in [1.807, 2.05) is 29.8 Å². The van der Waals surface area contributed by atoms with Crippen LogP contribution in [-0.2, 0) is 13.0 Å². The van der Waals surface area contributed by atoms with E-state index in [1.165, 1.54) is 0 Å². The van der Waals surface area contributed by atoms with Crippen LogP contribution in [0.2, 0.25) is 5.02 Å². The molecule has 0 fully saturated rings. The van der Waals surface area contributed by atoms with Gasteiger partial charge in [-0.1, -0.05) is 27.5 Å². The van der Waals surface area contributed by atoms with E-state index in [2.05, 4.69) is 39.4 Å². The number of aryl methyl sites for hydroxylation is 2. The molecule has 1 atom stereocenters. The fourth-order valence-electron chi connectivity index (χ4n) is 2.29. The molecular weight excluding hydrogens is 340 g/mol. The van der Waals surface area contributed by atoms with Crippen molar-refractivity contribution in [1.82, 2.24) is 15.2 Å². The molecule has 0 aliphatic rings. The van der Waals surface area contributed by atoms with Gasteiger partial charge in [0.15, 0.2) is 0 Å². The summed E-state index contributed by atoms with van der Waals surface area (Å²) < 4.78 is 2.98. The van der Waals surface area contributed by atoms with Gasteiger partial charge in [-0.25, -0.2) is 0 Å². The number of hydrogen-bond donors (Lipinski definition) is 2. The lowest BCUT2D eigenvalue weighted by Crippen LogP contribution is -2.30. The molecule has 3 N–H and O–H groups in total. The third-order valence-electron chi connectivity index (χ3n) is 3.23. The van der Waals surface area contributed by atoms with Crippen molar-refractivity contribution < 1.29 is 0 Å². The molecular formula is C14H18BrClN4. The number of nitrogens with one attached hydrogen (secondary N) is 1. The van der Waals surface area contributed by atoms with Gasteiger partial charge in [-0.15, -0.1) is 0 Å². The molecule has 0 bridgehead atoms. The third-order valence-corrected chi connectivity index (χ3v) is 4.07. The molecule has 6 heteroatoms. The minimum absolute atomic E-state index is 0.0543.